The van der Waals surface area contributed by atoms with Gasteiger partial charge in [-0.25, -0.2) is 10.2 Å². The molecule has 0 aromatic heterocycles. The van der Waals surface area contributed by atoms with Crippen molar-refractivity contribution in [1.82, 2.24) is 5.43 Å². The van der Waals surface area contributed by atoms with Gasteiger partial charge in [0.15, 0.2) is 0 Å². The topological polar surface area (TPSA) is 79.8 Å². The molecule has 0 fully saturated rings. The summed E-state index contributed by atoms with van der Waals surface area (Å²) >= 11 is 0. The van der Waals surface area contributed by atoms with Crippen LogP contribution in [0.5, 0.6) is 0 Å². The standard InChI is InChI=1S/C11H11N3O3/c1-7(15)12-9-4-2-8(3-5-9)10-6-17-11(16)14-13-10/h2-5H,6H2,1H3,(H,12,15)(H,14,16). The van der Waals surface area contributed by atoms with E-state index in [1.807, 2.05) is 0 Å². The third-order valence-electron chi connectivity index (χ3n) is 2.16. The van der Waals surface area contributed by atoms with E-state index in [9.17, 15) is 9.59 Å². The van der Waals surface area contributed by atoms with Crippen molar-refractivity contribution in [2.75, 3.05) is 11.9 Å². The molecule has 2 N–H and O–H groups in total. The second kappa shape index (κ2) is 4.65. The molecule has 0 radical (unpaired) electrons. The minimum atomic E-state index is -0.552. The summed E-state index contributed by atoms with van der Waals surface area (Å²) in [6, 6.07) is 7.11. The molecule has 88 valence electrons. The smallest absolute Gasteiger partial charge is 0.428 e. The van der Waals surface area contributed by atoms with E-state index in [4.69, 9.17) is 4.74 Å². The van der Waals surface area contributed by atoms with Crippen molar-refractivity contribution in [3.8, 4) is 0 Å². The van der Waals surface area contributed by atoms with Gasteiger partial charge in [0.2, 0.25) is 5.91 Å². The van der Waals surface area contributed by atoms with Crippen molar-refractivity contribution in [3.63, 3.8) is 0 Å². The lowest BCUT2D eigenvalue weighted by Crippen LogP contribution is -2.30. The second-order valence-electron chi connectivity index (χ2n) is 3.50. The van der Waals surface area contributed by atoms with E-state index in [2.05, 4.69) is 15.8 Å². The molecular weight excluding hydrogens is 222 g/mol. The van der Waals surface area contributed by atoms with Gasteiger partial charge in [0.25, 0.3) is 0 Å². The van der Waals surface area contributed by atoms with Gasteiger partial charge < -0.3 is 10.1 Å². The van der Waals surface area contributed by atoms with Crippen LogP contribution in [0.1, 0.15) is 12.5 Å². The predicted molar refractivity (Wildman–Crippen MR) is 61.8 cm³/mol. The number of hydrogen-bond donors (Lipinski definition) is 2. The Kier molecular flexibility index (Phi) is 3.04. The molecule has 6 nitrogen and oxygen atoms in total. The third kappa shape index (κ3) is 2.81. The summed E-state index contributed by atoms with van der Waals surface area (Å²) in [6.07, 6.45) is -0.552. The van der Waals surface area contributed by atoms with Crippen molar-refractivity contribution in [3.05, 3.63) is 29.8 Å². The highest BCUT2D eigenvalue weighted by atomic mass is 16.6. The third-order valence-corrected chi connectivity index (χ3v) is 2.16. The highest BCUT2D eigenvalue weighted by Crippen LogP contribution is 2.11. The SMILES string of the molecule is CC(=O)Nc1ccc(C2=NNC(=O)OC2)cc1. The van der Waals surface area contributed by atoms with Gasteiger partial charge in [-0.1, -0.05) is 12.1 Å². The minimum Gasteiger partial charge on any atom is -0.442 e. The molecule has 0 unspecified atom stereocenters. The Morgan fingerprint density at radius 3 is 2.65 bits per heavy atom. The zero-order valence-electron chi connectivity index (χ0n) is 9.19. The number of rotatable bonds is 2. The Morgan fingerprint density at radius 1 is 1.41 bits per heavy atom. The number of carbonyl (C=O) groups excluding carboxylic acids is 2. The van der Waals surface area contributed by atoms with Gasteiger partial charge in [-0.05, 0) is 12.1 Å². The van der Waals surface area contributed by atoms with Gasteiger partial charge in [-0.3, -0.25) is 4.79 Å². The Morgan fingerprint density at radius 2 is 2.12 bits per heavy atom. The molecule has 0 aliphatic carbocycles. The minimum absolute atomic E-state index is 0.122. The first-order valence-corrected chi connectivity index (χ1v) is 5.02. The Hall–Kier alpha value is -2.37. The van der Waals surface area contributed by atoms with Gasteiger partial charge in [-0.2, -0.15) is 5.10 Å². The molecule has 0 saturated heterocycles. The largest absolute Gasteiger partial charge is 0.442 e. The molecule has 0 spiro atoms. The molecule has 1 aliphatic rings. The number of hydrazone groups is 1. The van der Waals surface area contributed by atoms with E-state index in [0.717, 1.165) is 5.56 Å². The summed E-state index contributed by atoms with van der Waals surface area (Å²) in [5.41, 5.74) is 4.42. The van der Waals surface area contributed by atoms with Crippen molar-refractivity contribution in [2.24, 2.45) is 5.10 Å². The van der Waals surface area contributed by atoms with E-state index in [-0.39, 0.29) is 12.5 Å². The molecule has 2 rings (SSSR count). The number of anilines is 1. The lowest BCUT2D eigenvalue weighted by atomic mass is 10.1. The first kappa shape index (κ1) is 11.1. The first-order chi connectivity index (χ1) is 8.15. The fraction of sp³-hybridized carbons (Fsp3) is 0.182. The van der Waals surface area contributed by atoms with Gasteiger partial charge in [0.05, 0.1) is 0 Å². The maximum absolute atomic E-state index is 10.8. The Labute approximate surface area is 97.7 Å². The van der Waals surface area contributed by atoms with Crippen LogP contribution < -0.4 is 10.7 Å². The number of amides is 2. The summed E-state index contributed by atoms with van der Waals surface area (Å²) in [5, 5.41) is 6.54. The quantitative estimate of drug-likeness (QED) is 0.802. The predicted octanol–water partition coefficient (Wildman–Crippen LogP) is 1.09. The summed E-state index contributed by atoms with van der Waals surface area (Å²) < 4.78 is 4.79. The lowest BCUT2D eigenvalue weighted by Gasteiger charge is -2.13. The fourth-order valence-corrected chi connectivity index (χ4v) is 1.41. The van der Waals surface area contributed by atoms with E-state index in [1.165, 1.54) is 6.92 Å². The maximum atomic E-state index is 10.8. The maximum Gasteiger partial charge on any atom is 0.428 e. The van der Waals surface area contributed by atoms with E-state index < -0.39 is 6.09 Å². The van der Waals surface area contributed by atoms with Crippen LogP contribution in [0.4, 0.5) is 10.5 Å². The highest BCUT2D eigenvalue weighted by Gasteiger charge is 2.13. The zero-order chi connectivity index (χ0) is 12.3. The van der Waals surface area contributed by atoms with Crippen LogP contribution in [0.3, 0.4) is 0 Å². The molecule has 1 heterocycles. The van der Waals surface area contributed by atoms with Crippen LogP contribution in [0.25, 0.3) is 0 Å². The number of ether oxygens (including phenoxy) is 1. The average Bonchev–Trinajstić information content (AvgIpc) is 2.30. The van der Waals surface area contributed by atoms with Gasteiger partial charge in [0, 0.05) is 18.2 Å². The number of nitrogens with one attached hydrogen (secondary N) is 2. The van der Waals surface area contributed by atoms with Crippen LogP contribution in [0, 0.1) is 0 Å². The van der Waals surface area contributed by atoms with Crippen LogP contribution in [-0.2, 0) is 9.53 Å². The summed E-state index contributed by atoms with van der Waals surface area (Å²) in [6.45, 7) is 1.59. The normalized spacial score (nSPS) is 14.4. The Balaban J connectivity index is 2.12. The molecule has 0 saturated carbocycles. The van der Waals surface area contributed by atoms with Crippen LogP contribution in [0.15, 0.2) is 29.4 Å². The molecule has 17 heavy (non-hydrogen) atoms. The van der Waals surface area contributed by atoms with Gasteiger partial charge >= 0.3 is 6.09 Å². The van der Waals surface area contributed by atoms with Crippen molar-refractivity contribution < 1.29 is 14.3 Å². The number of carbonyl (C=O) groups is 2. The Bertz CT molecular complexity index is 479. The number of benzene rings is 1. The lowest BCUT2D eigenvalue weighted by molar-refractivity contribution is -0.114. The summed E-state index contributed by atoms with van der Waals surface area (Å²) in [7, 11) is 0. The highest BCUT2D eigenvalue weighted by molar-refractivity contribution is 6.04. The monoisotopic (exact) mass is 233 g/mol. The molecule has 6 heteroatoms. The molecule has 2 amide bonds. The van der Waals surface area contributed by atoms with E-state index in [1.54, 1.807) is 24.3 Å². The first-order valence-electron chi connectivity index (χ1n) is 5.02. The van der Waals surface area contributed by atoms with Gasteiger partial charge in [-0.15, -0.1) is 0 Å². The van der Waals surface area contributed by atoms with E-state index >= 15 is 0 Å². The molecule has 1 aromatic carbocycles. The zero-order valence-corrected chi connectivity index (χ0v) is 9.19. The molecule has 1 aromatic rings. The molecule has 0 atom stereocenters. The van der Waals surface area contributed by atoms with Crippen LogP contribution >= 0.6 is 0 Å². The van der Waals surface area contributed by atoms with Crippen molar-refractivity contribution in [2.45, 2.75) is 6.92 Å². The van der Waals surface area contributed by atoms with Crippen molar-refractivity contribution in [1.29, 1.82) is 0 Å². The average molecular weight is 233 g/mol. The molecular formula is C11H11N3O3. The molecule has 1 aliphatic heterocycles. The van der Waals surface area contributed by atoms with Crippen molar-refractivity contribution >= 4 is 23.4 Å². The van der Waals surface area contributed by atoms with E-state index in [0.29, 0.717) is 11.4 Å². The number of cyclic esters (lactones) is 1. The summed E-state index contributed by atoms with van der Waals surface area (Å²) in [5.74, 6) is -0.122. The second-order valence-corrected chi connectivity index (χ2v) is 3.50. The fourth-order valence-electron chi connectivity index (χ4n) is 1.41. The van der Waals surface area contributed by atoms with Gasteiger partial charge in [0.1, 0.15) is 12.3 Å². The molecule has 0 bridgehead atoms. The number of nitrogens with zero attached hydrogens (tertiary/aromatic N) is 1. The van der Waals surface area contributed by atoms with Crippen LogP contribution in [0.2, 0.25) is 0 Å². The number of hydrogen-bond acceptors (Lipinski definition) is 4. The summed E-state index contributed by atoms with van der Waals surface area (Å²) in [4.78, 5) is 21.6. The van der Waals surface area contributed by atoms with Crippen LogP contribution in [-0.4, -0.2) is 24.3 Å².